The summed E-state index contributed by atoms with van der Waals surface area (Å²) in [5.74, 6) is 0. The van der Waals surface area contributed by atoms with E-state index in [1.807, 2.05) is 0 Å². The molecule has 0 aliphatic carbocycles. The zero-order valence-electron chi connectivity index (χ0n) is 5.72. The lowest BCUT2D eigenvalue weighted by molar-refractivity contribution is -0.0658. The predicted octanol–water partition coefficient (Wildman–Crippen LogP) is 0.316. The molecule has 0 spiro atoms. The molecule has 3 nitrogen and oxygen atoms in total. The van der Waals surface area contributed by atoms with Gasteiger partial charge in [0.1, 0.15) is 0 Å². The molecule has 0 radical (unpaired) electrons. The van der Waals surface area contributed by atoms with Gasteiger partial charge in [0.25, 0.3) is 0 Å². The van der Waals surface area contributed by atoms with Crippen molar-refractivity contribution >= 4 is 0 Å². The average Bonchev–Trinajstić information content (AvgIpc) is 2.34. The Morgan fingerprint density at radius 3 is 2.67 bits per heavy atom. The van der Waals surface area contributed by atoms with Crippen LogP contribution in [0, 0.1) is 0 Å². The van der Waals surface area contributed by atoms with E-state index in [2.05, 4.69) is 12.2 Å². The number of nitrogens with one attached hydrogen (secondary N) is 1. The summed E-state index contributed by atoms with van der Waals surface area (Å²) in [5.41, 5.74) is 0. The Hall–Kier alpha value is -0.120. The van der Waals surface area contributed by atoms with Crippen LogP contribution in [-0.2, 0) is 9.47 Å². The summed E-state index contributed by atoms with van der Waals surface area (Å²) in [6.07, 6.45) is 0.980. The maximum atomic E-state index is 5.12. The van der Waals surface area contributed by atoms with E-state index >= 15 is 0 Å². The van der Waals surface area contributed by atoms with E-state index in [1.165, 1.54) is 0 Å². The summed E-state index contributed by atoms with van der Waals surface area (Å²) in [7, 11) is 0. The van der Waals surface area contributed by atoms with E-state index in [1.54, 1.807) is 0 Å². The summed E-state index contributed by atoms with van der Waals surface area (Å²) in [6.45, 7) is 4.52. The Bertz CT molecular complexity index is 71.5. The smallest absolute Gasteiger partial charge is 0.216 e. The third-order valence-electron chi connectivity index (χ3n) is 1.18. The largest absolute Gasteiger partial charge is 0.337 e. The summed E-state index contributed by atoms with van der Waals surface area (Å²) in [4.78, 5) is 0. The second-order valence-corrected chi connectivity index (χ2v) is 2.03. The quantitative estimate of drug-likeness (QED) is 0.598. The lowest BCUT2D eigenvalue weighted by atomic mass is 10.5. The van der Waals surface area contributed by atoms with Gasteiger partial charge in [0.15, 0.2) is 0 Å². The normalized spacial score (nSPS) is 21.0. The van der Waals surface area contributed by atoms with Crippen LogP contribution in [0.2, 0.25) is 0 Å². The Labute approximate surface area is 55.3 Å². The van der Waals surface area contributed by atoms with Crippen LogP contribution in [0.3, 0.4) is 0 Å². The topological polar surface area (TPSA) is 30.5 Å². The Balaban J connectivity index is 1.98. The Morgan fingerprint density at radius 2 is 2.11 bits per heavy atom. The molecule has 0 bridgehead atoms. The van der Waals surface area contributed by atoms with Crippen molar-refractivity contribution in [2.45, 2.75) is 19.8 Å². The number of rotatable bonds is 3. The first kappa shape index (κ1) is 6.99. The molecular formula is C6H13NO2. The second kappa shape index (κ2) is 3.82. The van der Waals surface area contributed by atoms with Gasteiger partial charge >= 0.3 is 0 Å². The van der Waals surface area contributed by atoms with Crippen molar-refractivity contribution in [3.8, 4) is 0 Å². The number of ether oxygens (including phenoxy) is 2. The SMILES string of the molecule is CCCNC1OCCO1. The molecule has 0 aromatic heterocycles. The van der Waals surface area contributed by atoms with Gasteiger partial charge in [-0.2, -0.15) is 0 Å². The van der Waals surface area contributed by atoms with Gasteiger partial charge in [0.05, 0.1) is 13.2 Å². The minimum Gasteiger partial charge on any atom is -0.337 e. The van der Waals surface area contributed by atoms with Gasteiger partial charge in [-0.15, -0.1) is 0 Å². The monoisotopic (exact) mass is 131 g/mol. The van der Waals surface area contributed by atoms with Crippen molar-refractivity contribution in [1.29, 1.82) is 0 Å². The van der Waals surface area contributed by atoms with Crippen molar-refractivity contribution in [3.05, 3.63) is 0 Å². The summed E-state index contributed by atoms with van der Waals surface area (Å²) in [5, 5.41) is 3.09. The molecule has 1 aliphatic heterocycles. The molecule has 0 atom stereocenters. The number of hydrogen-bond acceptors (Lipinski definition) is 3. The van der Waals surface area contributed by atoms with E-state index in [0.29, 0.717) is 0 Å². The summed E-state index contributed by atoms with van der Waals surface area (Å²) in [6, 6.07) is 0. The highest BCUT2D eigenvalue weighted by Crippen LogP contribution is 1.98. The highest BCUT2D eigenvalue weighted by molar-refractivity contribution is 4.48. The van der Waals surface area contributed by atoms with Crippen LogP contribution in [0.1, 0.15) is 13.3 Å². The average molecular weight is 131 g/mol. The van der Waals surface area contributed by atoms with Gasteiger partial charge in [0, 0.05) is 0 Å². The first-order valence-corrected chi connectivity index (χ1v) is 3.40. The van der Waals surface area contributed by atoms with Gasteiger partial charge in [-0.3, -0.25) is 5.32 Å². The molecule has 3 heteroatoms. The van der Waals surface area contributed by atoms with Crippen LogP contribution >= 0.6 is 0 Å². The van der Waals surface area contributed by atoms with Gasteiger partial charge < -0.3 is 9.47 Å². The van der Waals surface area contributed by atoms with Crippen LogP contribution in [0.15, 0.2) is 0 Å². The van der Waals surface area contributed by atoms with Crippen molar-refractivity contribution in [1.82, 2.24) is 5.32 Å². The molecule has 0 aromatic carbocycles. The standard InChI is InChI=1S/C6H13NO2/c1-2-3-7-6-8-4-5-9-6/h6-7H,2-5H2,1H3. The summed E-state index contributed by atoms with van der Waals surface area (Å²) >= 11 is 0. The van der Waals surface area contributed by atoms with Crippen LogP contribution < -0.4 is 5.32 Å². The third-order valence-corrected chi connectivity index (χ3v) is 1.18. The fraction of sp³-hybridized carbons (Fsp3) is 1.00. The van der Waals surface area contributed by atoms with Crippen LogP contribution in [0.25, 0.3) is 0 Å². The zero-order valence-corrected chi connectivity index (χ0v) is 5.72. The molecule has 0 saturated carbocycles. The molecule has 1 rings (SSSR count). The van der Waals surface area contributed by atoms with E-state index < -0.39 is 0 Å². The first-order chi connectivity index (χ1) is 4.43. The van der Waals surface area contributed by atoms with Crippen LogP contribution in [0.5, 0.6) is 0 Å². The fourth-order valence-electron chi connectivity index (χ4n) is 0.738. The molecule has 1 aliphatic rings. The number of hydrogen-bond donors (Lipinski definition) is 1. The fourth-order valence-corrected chi connectivity index (χ4v) is 0.738. The Morgan fingerprint density at radius 1 is 1.44 bits per heavy atom. The first-order valence-electron chi connectivity index (χ1n) is 3.40. The van der Waals surface area contributed by atoms with Crippen molar-refractivity contribution in [2.75, 3.05) is 19.8 Å². The lowest BCUT2D eigenvalue weighted by Gasteiger charge is -2.08. The molecule has 0 unspecified atom stereocenters. The minimum absolute atomic E-state index is 0.134. The maximum Gasteiger partial charge on any atom is 0.216 e. The van der Waals surface area contributed by atoms with Gasteiger partial charge in [-0.1, -0.05) is 6.92 Å². The highest BCUT2D eigenvalue weighted by Gasteiger charge is 2.13. The van der Waals surface area contributed by atoms with E-state index in [-0.39, 0.29) is 6.41 Å². The van der Waals surface area contributed by atoms with E-state index in [9.17, 15) is 0 Å². The molecule has 9 heavy (non-hydrogen) atoms. The molecule has 1 heterocycles. The molecule has 0 aromatic rings. The molecule has 1 N–H and O–H groups in total. The van der Waals surface area contributed by atoms with Gasteiger partial charge in [-0.05, 0) is 13.0 Å². The molecule has 1 fully saturated rings. The van der Waals surface area contributed by atoms with E-state index in [4.69, 9.17) is 9.47 Å². The zero-order chi connectivity index (χ0) is 6.53. The lowest BCUT2D eigenvalue weighted by Crippen LogP contribution is -2.29. The van der Waals surface area contributed by atoms with E-state index in [0.717, 1.165) is 26.2 Å². The molecule has 54 valence electrons. The van der Waals surface area contributed by atoms with Crippen LogP contribution in [-0.4, -0.2) is 26.2 Å². The predicted molar refractivity (Wildman–Crippen MR) is 34.0 cm³/mol. The molecule has 1 saturated heterocycles. The van der Waals surface area contributed by atoms with Crippen molar-refractivity contribution in [2.24, 2.45) is 0 Å². The third kappa shape index (κ3) is 2.30. The molecular weight excluding hydrogens is 118 g/mol. The van der Waals surface area contributed by atoms with Crippen molar-refractivity contribution in [3.63, 3.8) is 0 Å². The van der Waals surface area contributed by atoms with Gasteiger partial charge in [0.2, 0.25) is 6.41 Å². The van der Waals surface area contributed by atoms with Gasteiger partial charge in [-0.25, -0.2) is 0 Å². The summed E-state index contributed by atoms with van der Waals surface area (Å²) < 4.78 is 10.2. The maximum absolute atomic E-state index is 5.12. The van der Waals surface area contributed by atoms with Crippen LogP contribution in [0.4, 0.5) is 0 Å². The minimum atomic E-state index is -0.134. The highest BCUT2D eigenvalue weighted by atomic mass is 16.7. The Kier molecular flexibility index (Phi) is 2.97. The van der Waals surface area contributed by atoms with Crippen molar-refractivity contribution < 1.29 is 9.47 Å². The second-order valence-electron chi connectivity index (χ2n) is 2.03. The molecule has 0 amide bonds.